The van der Waals surface area contributed by atoms with Crippen LogP contribution in [0.4, 0.5) is 5.69 Å². The number of carbonyl (C=O) groups is 1. The van der Waals surface area contributed by atoms with E-state index in [-0.39, 0.29) is 5.91 Å². The van der Waals surface area contributed by atoms with Crippen LogP contribution in [0.2, 0.25) is 0 Å². The quantitative estimate of drug-likeness (QED) is 0.678. The number of anilines is 1. The first-order chi connectivity index (χ1) is 9.65. The summed E-state index contributed by atoms with van der Waals surface area (Å²) in [5.74, 6) is 0.0124. The molecular formula is C16H18N2OS. The fourth-order valence-corrected chi connectivity index (χ4v) is 2.44. The number of rotatable bonds is 5. The van der Waals surface area contributed by atoms with E-state index in [2.05, 4.69) is 11.4 Å². The molecule has 1 amide bonds. The summed E-state index contributed by atoms with van der Waals surface area (Å²) in [4.78, 5) is 15.0. The van der Waals surface area contributed by atoms with E-state index >= 15 is 0 Å². The summed E-state index contributed by atoms with van der Waals surface area (Å²) in [7, 11) is 1.82. The van der Waals surface area contributed by atoms with Gasteiger partial charge in [-0.05, 0) is 41.6 Å². The molecule has 20 heavy (non-hydrogen) atoms. The molecule has 3 nitrogen and oxygen atoms in total. The molecular weight excluding hydrogens is 268 g/mol. The first-order valence-corrected chi connectivity index (χ1v) is 7.34. The van der Waals surface area contributed by atoms with Crippen molar-refractivity contribution in [2.75, 3.05) is 19.3 Å². The van der Waals surface area contributed by atoms with E-state index in [0.717, 1.165) is 24.2 Å². The second-order valence-corrected chi connectivity index (χ2v) is 5.62. The monoisotopic (exact) mass is 286 g/mol. The first kappa shape index (κ1) is 14.3. The van der Waals surface area contributed by atoms with Gasteiger partial charge >= 0.3 is 0 Å². The zero-order valence-corrected chi connectivity index (χ0v) is 12.3. The molecule has 1 aromatic heterocycles. The van der Waals surface area contributed by atoms with Gasteiger partial charge in [0.1, 0.15) is 0 Å². The molecule has 2 aromatic rings. The van der Waals surface area contributed by atoms with E-state index in [4.69, 9.17) is 5.73 Å². The maximum Gasteiger partial charge on any atom is 0.246 e. The van der Waals surface area contributed by atoms with Gasteiger partial charge in [-0.25, -0.2) is 0 Å². The fraction of sp³-hybridized carbons (Fsp3) is 0.188. The lowest BCUT2D eigenvalue weighted by Gasteiger charge is -2.14. The van der Waals surface area contributed by atoms with Gasteiger partial charge in [0.05, 0.1) is 0 Å². The zero-order chi connectivity index (χ0) is 14.4. The van der Waals surface area contributed by atoms with Gasteiger partial charge in [-0.15, -0.1) is 11.3 Å². The van der Waals surface area contributed by atoms with Crippen LogP contribution in [-0.4, -0.2) is 24.4 Å². The average molecular weight is 286 g/mol. The molecule has 4 heteroatoms. The Morgan fingerprint density at radius 3 is 2.70 bits per heavy atom. The van der Waals surface area contributed by atoms with Crippen LogP contribution >= 0.6 is 11.3 Å². The molecule has 0 bridgehead atoms. The molecule has 0 radical (unpaired) electrons. The average Bonchev–Trinajstić information content (AvgIpc) is 2.97. The van der Waals surface area contributed by atoms with Crippen molar-refractivity contribution in [1.82, 2.24) is 4.90 Å². The molecule has 2 rings (SSSR count). The number of nitrogens with two attached hydrogens (primary N) is 1. The second kappa shape index (κ2) is 6.91. The normalized spacial score (nSPS) is 10.8. The standard InChI is InChI=1S/C16H18N2OS/c1-18(11-10-15-3-2-12-20-15)16(19)9-6-13-4-7-14(17)8-5-13/h2-9,12H,10-11,17H2,1H3/b9-6+. The minimum atomic E-state index is 0.0124. The Morgan fingerprint density at radius 1 is 1.30 bits per heavy atom. The Kier molecular flexibility index (Phi) is 4.96. The Morgan fingerprint density at radius 2 is 2.05 bits per heavy atom. The van der Waals surface area contributed by atoms with Gasteiger partial charge in [-0.3, -0.25) is 4.79 Å². The largest absolute Gasteiger partial charge is 0.399 e. The molecule has 0 unspecified atom stereocenters. The van der Waals surface area contributed by atoms with E-state index < -0.39 is 0 Å². The predicted octanol–water partition coefficient (Wildman–Crippen LogP) is 3.04. The Bertz CT molecular complexity index is 573. The summed E-state index contributed by atoms with van der Waals surface area (Å²) in [6.07, 6.45) is 4.30. The molecule has 104 valence electrons. The number of hydrogen-bond acceptors (Lipinski definition) is 3. The maximum absolute atomic E-state index is 12.0. The van der Waals surface area contributed by atoms with Crippen LogP contribution in [0.1, 0.15) is 10.4 Å². The molecule has 0 aliphatic heterocycles. The highest BCUT2D eigenvalue weighted by Gasteiger charge is 2.05. The predicted molar refractivity (Wildman–Crippen MR) is 85.5 cm³/mol. The minimum absolute atomic E-state index is 0.0124. The number of thiophene rings is 1. The van der Waals surface area contributed by atoms with E-state index in [1.807, 2.05) is 43.5 Å². The van der Waals surface area contributed by atoms with Crippen LogP contribution < -0.4 is 5.73 Å². The zero-order valence-electron chi connectivity index (χ0n) is 11.5. The maximum atomic E-state index is 12.0. The van der Waals surface area contributed by atoms with Gasteiger partial charge in [0.15, 0.2) is 0 Å². The van der Waals surface area contributed by atoms with Crippen molar-refractivity contribution >= 4 is 29.0 Å². The van der Waals surface area contributed by atoms with Gasteiger partial charge in [0.2, 0.25) is 5.91 Å². The van der Waals surface area contributed by atoms with Crippen molar-refractivity contribution in [3.63, 3.8) is 0 Å². The first-order valence-electron chi connectivity index (χ1n) is 6.46. The highest BCUT2D eigenvalue weighted by molar-refractivity contribution is 7.09. The fourth-order valence-electron chi connectivity index (χ4n) is 1.74. The van der Waals surface area contributed by atoms with E-state index in [1.165, 1.54) is 4.88 Å². The number of nitrogen functional groups attached to an aromatic ring is 1. The molecule has 1 heterocycles. The van der Waals surface area contributed by atoms with Crippen LogP contribution in [0, 0.1) is 0 Å². The third-order valence-corrected chi connectivity index (χ3v) is 3.94. The lowest BCUT2D eigenvalue weighted by molar-refractivity contribution is -0.124. The van der Waals surface area contributed by atoms with Crippen molar-refractivity contribution in [2.24, 2.45) is 0 Å². The van der Waals surface area contributed by atoms with Gasteiger partial charge in [0.25, 0.3) is 0 Å². The van der Waals surface area contributed by atoms with Crippen LogP contribution in [0.5, 0.6) is 0 Å². The summed E-state index contributed by atoms with van der Waals surface area (Å²) in [5.41, 5.74) is 7.31. The van der Waals surface area contributed by atoms with Crippen LogP contribution in [0.3, 0.4) is 0 Å². The van der Waals surface area contributed by atoms with Gasteiger partial charge in [-0.1, -0.05) is 18.2 Å². The molecule has 2 N–H and O–H groups in total. The summed E-state index contributed by atoms with van der Waals surface area (Å²) in [5, 5.41) is 2.05. The van der Waals surface area contributed by atoms with Gasteiger partial charge in [0, 0.05) is 30.2 Å². The van der Waals surface area contributed by atoms with Crippen molar-refractivity contribution in [1.29, 1.82) is 0 Å². The Labute approximate surface area is 123 Å². The van der Waals surface area contributed by atoms with Crippen LogP contribution in [-0.2, 0) is 11.2 Å². The minimum Gasteiger partial charge on any atom is -0.399 e. The SMILES string of the molecule is CN(CCc1cccs1)C(=O)/C=C/c1ccc(N)cc1. The van der Waals surface area contributed by atoms with E-state index in [9.17, 15) is 4.79 Å². The van der Waals surface area contributed by atoms with E-state index in [0.29, 0.717) is 0 Å². The van der Waals surface area contributed by atoms with Crippen molar-refractivity contribution in [3.05, 3.63) is 58.3 Å². The van der Waals surface area contributed by atoms with Crippen LogP contribution in [0.15, 0.2) is 47.9 Å². The highest BCUT2D eigenvalue weighted by Crippen LogP contribution is 2.10. The van der Waals surface area contributed by atoms with Crippen molar-refractivity contribution in [2.45, 2.75) is 6.42 Å². The number of hydrogen-bond donors (Lipinski definition) is 1. The molecule has 1 aromatic carbocycles. The third kappa shape index (κ3) is 4.24. The number of likely N-dealkylation sites (N-methyl/N-ethyl adjacent to an activating group) is 1. The smallest absolute Gasteiger partial charge is 0.246 e. The summed E-state index contributed by atoms with van der Waals surface area (Å²) in [6.45, 7) is 0.728. The number of benzene rings is 1. The van der Waals surface area contributed by atoms with E-state index in [1.54, 1.807) is 22.3 Å². The molecule has 0 saturated carbocycles. The van der Waals surface area contributed by atoms with Gasteiger partial charge in [-0.2, -0.15) is 0 Å². The molecule has 0 aliphatic rings. The molecule has 0 saturated heterocycles. The van der Waals surface area contributed by atoms with Crippen LogP contribution in [0.25, 0.3) is 6.08 Å². The number of carbonyl (C=O) groups excluding carboxylic acids is 1. The van der Waals surface area contributed by atoms with Crippen molar-refractivity contribution < 1.29 is 4.79 Å². The molecule has 0 fully saturated rings. The summed E-state index contributed by atoms with van der Waals surface area (Å²) < 4.78 is 0. The lowest BCUT2D eigenvalue weighted by atomic mass is 10.2. The number of nitrogens with zero attached hydrogens (tertiary/aromatic N) is 1. The third-order valence-electron chi connectivity index (χ3n) is 3.00. The number of amides is 1. The Hall–Kier alpha value is -2.07. The second-order valence-electron chi connectivity index (χ2n) is 4.59. The molecule has 0 spiro atoms. The topological polar surface area (TPSA) is 46.3 Å². The molecule has 0 atom stereocenters. The molecule has 0 aliphatic carbocycles. The Balaban J connectivity index is 1.85. The highest BCUT2D eigenvalue weighted by atomic mass is 32.1. The van der Waals surface area contributed by atoms with Crippen molar-refractivity contribution in [3.8, 4) is 0 Å². The van der Waals surface area contributed by atoms with Gasteiger partial charge < -0.3 is 10.6 Å². The lowest BCUT2D eigenvalue weighted by Crippen LogP contribution is -2.26. The summed E-state index contributed by atoms with van der Waals surface area (Å²) in [6, 6.07) is 11.6. The summed E-state index contributed by atoms with van der Waals surface area (Å²) >= 11 is 1.72.